The molecule has 0 unspecified atom stereocenters. The number of rotatable bonds is 3. The summed E-state index contributed by atoms with van der Waals surface area (Å²) in [5.74, 6) is 0.573. The van der Waals surface area contributed by atoms with E-state index in [1.165, 1.54) is 10.9 Å². The van der Waals surface area contributed by atoms with E-state index in [1.807, 2.05) is 23.2 Å². The van der Waals surface area contributed by atoms with Gasteiger partial charge in [0.25, 0.3) is 5.91 Å². The number of hydrogen-bond acceptors (Lipinski definition) is 4. The van der Waals surface area contributed by atoms with Crippen LogP contribution in [0.4, 0.5) is 0 Å². The van der Waals surface area contributed by atoms with Gasteiger partial charge in [0.05, 0.1) is 5.52 Å². The van der Waals surface area contributed by atoms with Crippen LogP contribution in [-0.4, -0.2) is 39.1 Å². The molecule has 1 amide bonds. The van der Waals surface area contributed by atoms with E-state index >= 15 is 0 Å². The number of amides is 1. The van der Waals surface area contributed by atoms with Gasteiger partial charge in [0.1, 0.15) is 0 Å². The minimum absolute atomic E-state index is 0.00822. The lowest BCUT2D eigenvalue weighted by Crippen LogP contribution is -2.32. The van der Waals surface area contributed by atoms with E-state index in [9.17, 15) is 4.79 Å². The van der Waals surface area contributed by atoms with Crippen LogP contribution in [0.3, 0.4) is 0 Å². The summed E-state index contributed by atoms with van der Waals surface area (Å²) in [4.78, 5) is 19.1. The van der Waals surface area contributed by atoms with E-state index in [2.05, 4.69) is 33.4 Å². The molecule has 5 heteroatoms. The van der Waals surface area contributed by atoms with Gasteiger partial charge in [-0.25, -0.2) is 0 Å². The number of fused-ring (bicyclic) bond motifs is 1. The van der Waals surface area contributed by atoms with Gasteiger partial charge in [0.15, 0.2) is 5.69 Å². The first-order valence-corrected chi connectivity index (χ1v) is 9.20. The molecule has 0 aliphatic carbocycles. The van der Waals surface area contributed by atoms with E-state index in [1.54, 1.807) is 18.3 Å². The highest BCUT2D eigenvalue weighted by Gasteiger charge is 2.22. The van der Waals surface area contributed by atoms with E-state index in [-0.39, 0.29) is 5.91 Å². The molecule has 1 aromatic carbocycles. The second kappa shape index (κ2) is 7.60. The minimum Gasteiger partial charge on any atom is -0.337 e. The van der Waals surface area contributed by atoms with Crippen molar-refractivity contribution < 1.29 is 4.79 Å². The lowest BCUT2D eigenvalue weighted by atomic mass is 9.93. The maximum absolute atomic E-state index is 12.6. The monoisotopic (exact) mass is 346 g/mol. The van der Waals surface area contributed by atoms with E-state index < -0.39 is 0 Å². The normalized spacial score (nSPS) is 17.8. The van der Waals surface area contributed by atoms with Crippen molar-refractivity contribution in [3.63, 3.8) is 0 Å². The molecule has 0 radical (unpaired) electrons. The van der Waals surface area contributed by atoms with Crippen LogP contribution in [0.5, 0.6) is 0 Å². The first-order chi connectivity index (χ1) is 12.8. The third kappa shape index (κ3) is 3.72. The van der Waals surface area contributed by atoms with Gasteiger partial charge in [-0.1, -0.05) is 18.2 Å². The second-order valence-corrected chi connectivity index (χ2v) is 6.94. The van der Waals surface area contributed by atoms with Gasteiger partial charge in [0.2, 0.25) is 0 Å². The Labute approximate surface area is 153 Å². The molecule has 1 fully saturated rings. The summed E-state index contributed by atoms with van der Waals surface area (Å²) in [6.45, 7) is 1.57. The van der Waals surface area contributed by atoms with Gasteiger partial charge in [-0.3, -0.25) is 9.78 Å². The van der Waals surface area contributed by atoms with Gasteiger partial charge in [0, 0.05) is 30.9 Å². The molecule has 4 rings (SSSR count). The van der Waals surface area contributed by atoms with Crippen LogP contribution in [-0.2, 0) is 6.42 Å². The molecule has 3 heterocycles. The molecule has 0 N–H and O–H groups in total. The Morgan fingerprint density at radius 3 is 2.92 bits per heavy atom. The second-order valence-electron chi connectivity index (χ2n) is 6.94. The third-order valence-electron chi connectivity index (χ3n) is 5.10. The van der Waals surface area contributed by atoms with E-state index in [4.69, 9.17) is 0 Å². The lowest BCUT2D eigenvalue weighted by Gasteiger charge is -2.20. The number of aromatic nitrogens is 3. The predicted molar refractivity (Wildman–Crippen MR) is 101 cm³/mol. The first-order valence-electron chi connectivity index (χ1n) is 9.20. The van der Waals surface area contributed by atoms with Crippen molar-refractivity contribution in [3.8, 4) is 0 Å². The van der Waals surface area contributed by atoms with E-state index in [0.29, 0.717) is 11.6 Å². The number of para-hydroxylation sites is 1. The summed E-state index contributed by atoms with van der Waals surface area (Å²) in [5.41, 5.74) is 2.75. The molecule has 5 nitrogen and oxygen atoms in total. The maximum atomic E-state index is 12.6. The highest BCUT2D eigenvalue weighted by Crippen LogP contribution is 2.24. The fourth-order valence-corrected chi connectivity index (χ4v) is 3.71. The number of likely N-dealkylation sites (tertiary alicyclic amines) is 1. The lowest BCUT2D eigenvalue weighted by molar-refractivity contribution is 0.0753. The summed E-state index contributed by atoms with van der Waals surface area (Å²) in [6, 6.07) is 14.0. The molecule has 26 heavy (non-hydrogen) atoms. The summed E-state index contributed by atoms with van der Waals surface area (Å²) >= 11 is 0. The molecular formula is C21H22N4O. The first kappa shape index (κ1) is 16.6. The molecule has 1 atom stereocenters. The molecule has 2 aromatic heterocycles. The van der Waals surface area contributed by atoms with Crippen molar-refractivity contribution in [1.82, 2.24) is 20.1 Å². The minimum atomic E-state index is -0.00822. The molecule has 3 aromatic rings. The molecule has 0 bridgehead atoms. The van der Waals surface area contributed by atoms with Crippen LogP contribution >= 0.6 is 0 Å². The molecule has 1 aliphatic rings. The topological polar surface area (TPSA) is 59.0 Å². The van der Waals surface area contributed by atoms with Gasteiger partial charge in [-0.2, -0.15) is 5.10 Å². The van der Waals surface area contributed by atoms with Crippen LogP contribution in [0.2, 0.25) is 0 Å². The average Bonchev–Trinajstić information content (AvgIpc) is 2.93. The quantitative estimate of drug-likeness (QED) is 0.728. The summed E-state index contributed by atoms with van der Waals surface area (Å²) in [6.07, 6.45) is 7.78. The zero-order valence-corrected chi connectivity index (χ0v) is 14.7. The molecule has 0 spiro atoms. The van der Waals surface area contributed by atoms with Gasteiger partial charge >= 0.3 is 0 Å². The van der Waals surface area contributed by atoms with Gasteiger partial charge in [-0.05, 0) is 61.4 Å². The number of carbonyl (C=O) groups is 1. The number of hydrogen-bond donors (Lipinski definition) is 0. The Bertz CT molecular complexity index is 897. The zero-order valence-electron chi connectivity index (χ0n) is 14.7. The van der Waals surface area contributed by atoms with Crippen LogP contribution in [0.15, 0.2) is 54.9 Å². The van der Waals surface area contributed by atoms with Crippen molar-refractivity contribution in [2.24, 2.45) is 5.92 Å². The Morgan fingerprint density at radius 1 is 1.12 bits per heavy atom. The predicted octanol–water partition coefficient (Wildman–Crippen LogP) is 3.51. The molecule has 1 saturated heterocycles. The number of carbonyl (C=O) groups excluding carboxylic acids is 1. The van der Waals surface area contributed by atoms with Crippen molar-refractivity contribution in [1.29, 1.82) is 0 Å². The van der Waals surface area contributed by atoms with Gasteiger partial charge in [-0.15, -0.1) is 5.10 Å². The van der Waals surface area contributed by atoms with E-state index in [0.717, 1.165) is 44.3 Å². The van der Waals surface area contributed by atoms with Crippen molar-refractivity contribution in [3.05, 3.63) is 66.1 Å². The zero-order chi connectivity index (χ0) is 17.8. The van der Waals surface area contributed by atoms with Crippen molar-refractivity contribution in [2.45, 2.75) is 25.7 Å². The Morgan fingerprint density at radius 2 is 2.04 bits per heavy atom. The largest absolute Gasteiger partial charge is 0.337 e. The molecular weight excluding hydrogens is 324 g/mol. The molecule has 1 aliphatic heterocycles. The van der Waals surface area contributed by atoms with Crippen molar-refractivity contribution in [2.75, 3.05) is 13.1 Å². The van der Waals surface area contributed by atoms with Crippen LogP contribution in [0.1, 0.15) is 35.3 Å². The number of benzene rings is 1. The fraction of sp³-hybridized carbons (Fsp3) is 0.333. The highest BCUT2D eigenvalue weighted by molar-refractivity contribution is 5.92. The SMILES string of the molecule is O=C(c1cccnn1)N1CCC[C@H](Cc2cnc3ccccc3c2)CC1. The van der Waals surface area contributed by atoms with Crippen LogP contribution in [0, 0.1) is 5.92 Å². The van der Waals surface area contributed by atoms with Crippen molar-refractivity contribution >= 4 is 16.8 Å². The Kier molecular flexibility index (Phi) is 4.86. The van der Waals surface area contributed by atoms with Gasteiger partial charge < -0.3 is 4.90 Å². The Hall–Kier alpha value is -2.82. The highest BCUT2D eigenvalue weighted by atomic mass is 16.2. The molecule has 132 valence electrons. The third-order valence-corrected chi connectivity index (χ3v) is 5.10. The molecule has 0 saturated carbocycles. The number of pyridine rings is 1. The summed E-state index contributed by atoms with van der Waals surface area (Å²) < 4.78 is 0. The standard InChI is InChI=1S/C21H22N4O/c26-21(20-8-3-10-23-24-20)25-11-4-5-16(9-12-25)13-17-14-18-6-1-2-7-19(18)22-15-17/h1-3,6-8,10,14-16H,4-5,9,11-13H2/t16-/m0/s1. The smallest absolute Gasteiger partial charge is 0.274 e. The van der Waals surface area contributed by atoms with Crippen LogP contribution in [0.25, 0.3) is 10.9 Å². The average molecular weight is 346 g/mol. The Balaban J connectivity index is 1.41. The number of nitrogens with zero attached hydrogens (tertiary/aromatic N) is 4. The fourth-order valence-electron chi connectivity index (χ4n) is 3.71. The van der Waals surface area contributed by atoms with Crippen LogP contribution < -0.4 is 0 Å². The summed E-state index contributed by atoms with van der Waals surface area (Å²) in [5, 5.41) is 8.96. The maximum Gasteiger partial charge on any atom is 0.274 e. The summed E-state index contributed by atoms with van der Waals surface area (Å²) in [7, 11) is 0.